The zero-order chi connectivity index (χ0) is 21.6. The van der Waals surface area contributed by atoms with Gasteiger partial charge in [0, 0.05) is 24.9 Å². The highest BCUT2D eigenvalue weighted by molar-refractivity contribution is 8.00. The smallest absolute Gasteiger partial charge is 0.269 e. The van der Waals surface area contributed by atoms with Crippen LogP contribution in [0.4, 0.5) is 11.4 Å². The lowest BCUT2D eigenvalue weighted by molar-refractivity contribution is -0.384. The zero-order valence-electron chi connectivity index (χ0n) is 17.0. The van der Waals surface area contributed by atoms with Gasteiger partial charge in [-0.25, -0.2) is 0 Å². The quantitative estimate of drug-likeness (QED) is 0.517. The Balaban J connectivity index is 1.85. The molecule has 1 N–H and O–H groups in total. The number of nitro groups is 1. The number of anilines is 1. The fourth-order valence-electron chi connectivity index (χ4n) is 2.81. The summed E-state index contributed by atoms with van der Waals surface area (Å²) >= 11 is 1.24. The summed E-state index contributed by atoms with van der Waals surface area (Å²) in [6, 6.07) is 11.7. The fourth-order valence-corrected chi connectivity index (χ4v) is 3.55. The molecule has 2 amide bonds. The number of carbonyl (C=O) groups is 2. The average Bonchev–Trinajstić information content (AvgIpc) is 2.69. The van der Waals surface area contributed by atoms with Crippen molar-refractivity contribution in [2.75, 3.05) is 23.9 Å². The van der Waals surface area contributed by atoms with Crippen molar-refractivity contribution < 1.29 is 14.5 Å². The van der Waals surface area contributed by atoms with Crippen molar-refractivity contribution in [2.24, 2.45) is 0 Å². The number of thioether (sulfide) groups is 1. The van der Waals surface area contributed by atoms with Crippen LogP contribution in [0.15, 0.2) is 42.5 Å². The number of amides is 2. The summed E-state index contributed by atoms with van der Waals surface area (Å²) in [5.41, 5.74) is 3.57. The van der Waals surface area contributed by atoms with E-state index < -0.39 is 4.92 Å². The number of carbonyl (C=O) groups excluding carboxylic acids is 2. The van der Waals surface area contributed by atoms with Gasteiger partial charge in [0.05, 0.1) is 22.5 Å². The second kappa shape index (κ2) is 10.1. The fraction of sp³-hybridized carbons (Fsp3) is 0.333. The summed E-state index contributed by atoms with van der Waals surface area (Å²) in [4.78, 5) is 36.6. The summed E-state index contributed by atoms with van der Waals surface area (Å²) in [6.07, 6.45) is 0. The van der Waals surface area contributed by atoms with Crippen LogP contribution < -0.4 is 5.32 Å². The van der Waals surface area contributed by atoms with Gasteiger partial charge in [0.1, 0.15) is 0 Å². The van der Waals surface area contributed by atoms with E-state index in [9.17, 15) is 19.7 Å². The van der Waals surface area contributed by atoms with Crippen molar-refractivity contribution in [3.05, 3.63) is 69.3 Å². The number of hydrogen-bond acceptors (Lipinski definition) is 5. The zero-order valence-corrected chi connectivity index (χ0v) is 17.8. The van der Waals surface area contributed by atoms with Gasteiger partial charge in [-0.1, -0.05) is 29.8 Å². The lowest BCUT2D eigenvalue weighted by Gasteiger charge is -2.25. The molecule has 29 heavy (non-hydrogen) atoms. The van der Waals surface area contributed by atoms with Crippen molar-refractivity contribution in [2.45, 2.75) is 26.8 Å². The van der Waals surface area contributed by atoms with Crippen LogP contribution in [0.5, 0.6) is 0 Å². The molecule has 154 valence electrons. The number of nitro benzene ring substituents is 1. The van der Waals surface area contributed by atoms with Crippen molar-refractivity contribution in [3.63, 3.8) is 0 Å². The first-order valence-electron chi connectivity index (χ1n) is 9.14. The Morgan fingerprint density at radius 3 is 2.55 bits per heavy atom. The van der Waals surface area contributed by atoms with E-state index in [4.69, 9.17) is 0 Å². The largest absolute Gasteiger partial charge is 0.338 e. The molecule has 0 unspecified atom stereocenters. The molecule has 0 fully saturated rings. The summed E-state index contributed by atoms with van der Waals surface area (Å²) in [5, 5.41) is 13.8. The van der Waals surface area contributed by atoms with Gasteiger partial charge in [-0.3, -0.25) is 19.7 Å². The van der Waals surface area contributed by atoms with Gasteiger partial charge in [0.2, 0.25) is 11.8 Å². The van der Waals surface area contributed by atoms with Crippen molar-refractivity contribution in [1.82, 2.24) is 4.90 Å². The van der Waals surface area contributed by atoms with Crippen LogP contribution in [-0.2, 0) is 9.59 Å². The second-order valence-corrected chi connectivity index (χ2v) is 7.88. The Morgan fingerprint density at radius 2 is 1.90 bits per heavy atom. The maximum absolute atomic E-state index is 12.4. The lowest BCUT2D eigenvalue weighted by atomic mass is 10.1. The monoisotopic (exact) mass is 415 g/mol. The molecular weight excluding hydrogens is 390 g/mol. The maximum atomic E-state index is 12.4. The predicted molar refractivity (Wildman–Crippen MR) is 116 cm³/mol. The van der Waals surface area contributed by atoms with Gasteiger partial charge in [-0.05, 0) is 38.0 Å². The SMILES string of the molecule is Cc1ccc(NC(=O)CSCC(=O)N(C)[C@H](C)c2cccc([N+](=O)[O-])c2)c(C)c1. The molecule has 2 rings (SSSR count). The molecule has 0 aliphatic carbocycles. The first-order valence-corrected chi connectivity index (χ1v) is 10.3. The van der Waals surface area contributed by atoms with Gasteiger partial charge in [0.15, 0.2) is 0 Å². The molecule has 0 heterocycles. The Morgan fingerprint density at radius 1 is 1.17 bits per heavy atom. The molecule has 0 aromatic heterocycles. The molecule has 2 aromatic rings. The lowest BCUT2D eigenvalue weighted by Crippen LogP contribution is -2.31. The highest BCUT2D eigenvalue weighted by Gasteiger charge is 2.19. The molecule has 0 aliphatic heterocycles. The van der Waals surface area contributed by atoms with Crippen LogP contribution in [0, 0.1) is 24.0 Å². The molecule has 2 aromatic carbocycles. The third kappa shape index (κ3) is 6.32. The second-order valence-electron chi connectivity index (χ2n) is 6.89. The Kier molecular flexibility index (Phi) is 7.78. The van der Waals surface area contributed by atoms with Crippen LogP contribution in [0.2, 0.25) is 0 Å². The topological polar surface area (TPSA) is 92.6 Å². The number of benzene rings is 2. The molecule has 0 saturated carbocycles. The van der Waals surface area contributed by atoms with E-state index in [0.29, 0.717) is 5.56 Å². The Hall–Kier alpha value is -2.87. The van der Waals surface area contributed by atoms with E-state index in [1.165, 1.54) is 28.8 Å². The van der Waals surface area contributed by atoms with E-state index in [1.54, 1.807) is 19.2 Å². The van der Waals surface area contributed by atoms with Crippen LogP contribution in [0.3, 0.4) is 0 Å². The summed E-state index contributed by atoms with van der Waals surface area (Å²) < 4.78 is 0. The Bertz CT molecular complexity index is 917. The summed E-state index contributed by atoms with van der Waals surface area (Å²) in [7, 11) is 1.65. The molecule has 0 radical (unpaired) electrons. The number of non-ortho nitro benzene ring substituents is 1. The minimum Gasteiger partial charge on any atom is -0.338 e. The van der Waals surface area contributed by atoms with E-state index in [1.807, 2.05) is 39.0 Å². The van der Waals surface area contributed by atoms with E-state index in [0.717, 1.165) is 16.8 Å². The van der Waals surface area contributed by atoms with Gasteiger partial charge < -0.3 is 10.2 Å². The molecule has 0 aliphatic rings. The van der Waals surface area contributed by atoms with E-state index >= 15 is 0 Å². The van der Waals surface area contributed by atoms with Crippen LogP contribution in [-0.4, -0.2) is 40.2 Å². The van der Waals surface area contributed by atoms with Gasteiger partial charge in [-0.15, -0.1) is 11.8 Å². The highest BCUT2D eigenvalue weighted by atomic mass is 32.2. The standard InChI is InChI=1S/C21H25N3O4S/c1-14-8-9-19(15(2)10-14)22-20(25)12-29-13-21(26)23(4)16(3)17-6-5-7-18(11-17)24(27)28/h5-11,16H,12-13H2,1-4H3,(H,22,25)/t16-/m1/s1. The van der Waals surface area contributed by atoms with Crippen molar-refractivity contribution >= 4 is 35.0 Å². The molecule has 0 bridgehead atoms. The third-order valence-electron chi connectivity index (χ3n) is 4.65. The maximum Gasteiger partial charge on any atom is 0.269 e. The average molecular weight is 416 g/mol. The van der Waals surface area contributed by atoms with E-state index in [2.05, 4.69) is 5.32 Å². The minimum atomic E-state index is -0.456. The molecule has 7 nitrogen and oxygen atoms in total. The molecule has 0 saturated heterocycles. The van der Waals surface area contributed by atoms with Crippen LogP contribution in [0.1, 0.15) is 29.7 Å². The van der Waals surface area contributed by atoms with Crippen molar-refractivity contribution in [1.29, 1.82) is 0 Å². The number of nitrogens with one attached hydrogen (secondary N) is 1. The first-order chi connectivity index (χ1) is 13.7. The van der Waals surface area contributed by atoms with Crippen LogP contribution in [0.25, 0.3) is 0 Å². The summed E-state index contributed by atoms with van der Waals surface area (Å²) in [5.74, 6) is 0.00574. The molecular formula is C21H25N3O4S. The number of rotatable bonds is 8. The minimum absolute atomic E-state index is 0.00681. The normalized spacial score (nSPS) is 11.6. The number of aryl methyl sites for hydroxylation is 2. The predicted octanol–water partition coefficient (Wildman–Crippen LogP) is 4.10. The van der Waals surface area contributed by atoms with Gasteiger partial charge in [-0.2, -0.15) is 0 Å². The van der Waals surface area contributed by atoms with E-state index in [-0.39, 0.29) is 35.0 Å². The number of hydrogen-bond donors (Lipinski definition) is 1. The van der Waals surface area contributed by atoms with Gasteiger partial charge in [0.25, 0.3) is 5.69 Å². The Labute approximate surface area is 174 Å². The molecule has 8 heteroatoms. The highest BCUT2D eigenvalue weighted by Crippen LogP contribution is 2.23. The van der Waals surface area contributed by atoms with Crippen LogP contribution >= 0.6 is 11.8 Å². The molecule has 0 spiro atoms. The first kappa shape index (κ1) is 22.4. The summed E-state index contributed by atoms with van der Waals surface area (Å²) in [6.45, 7) is 5.74. The third-order valence-corrected chi connectivity index (χ3v) is 5.57. The number of nitrogens with zero attached hydrogens (tertiary/aromatic N) is 2. The van der Waals surface area contributed by atoms with Gasteiger partial charge >= 0.3 is 0 Å². The van der Waals surface area contributed by atoms with Crippen molar-refractivity contribution in [3.8, 4) is 0 Å². The molecule has 1 atom stereocenters.